The maximum atomic E-state index is 6.10. The predicted octanol–water partition coefficient (Wildman–Crippen LogP) is 1.82. The number of hydrogen-bond acceptors (Lipinski definition) is 3. The number of aromatic nitrogens is 2. The second-order valence-corrected chi connectivity index (χ2v) is 5.81. The summed E-state index contributed by atoms with van der Waals surface area (Å²) in [6.07, 6.45) is 9.65. The number of nitrogens with zero attached hydrogens (tertiary/aromatic N) is 3. The van der Waals surface area contributed by atoms with E-state index in [1.165, 1.54) is 32.1 Å². The predicted molar refractivity (Wildman–Crippen MR) is 74.6 cm³/mol. The molecule has 1 aromatic rings. The smallest absolute Gasteiger partial charge is 0.0640 e. The SMILES string of the molecule is CN(C)CC(N)Cc1ccn(C2CCCCC2)n1. The molecule has 1 aliphatic carbocycles. The summed E-state index contributed by atoms with van der Waals surface area (Å²) in [5.41, 5.74) is 7.24. The maximum absolute atomic E-state index is 6.10. The van der Waals surface area contributed by atoms with E-state index in [-0.39, 0.29) is 6.04 Å². The highest BCUT2D eigenvalue weighted by molar-refractivity contribution is 5.02. The zero-order valence-electron chi connectivity index (χ0n) is 11.7. The van der Waals surface area contributed by atoms with Gasteiger partial charge in [-0.1, -0.05) is 19.3 Å². The Morgan fingerprint density at radius 1 is 1.39 bits per heavy atom. The van der Waals surface area contributed by atoms with E-state index in [4.69, 9.17) is 10.8 Å². The Kier molecular flexibility index (Phi) is 4.78. The number of rotatable bonds is 5. The lowest BCUT2D eigenvalue weighted by atomic mass is 9.96. The molecule has 0 bridgehead atoms. The van der Waals surface area contributed by atoms with Crippen LogP contribution >= 0.6 is 0 Å². The van der Waals surface area contributed by atoms with Crippen LogP contribution in [0, 0.1) is 0 Å². The fourth-order valence-electron chi connectivity index (χ4n) is 2.84. The molecule has 2 rings (SSSR count). The average Bonchev–Trinajstić information content (AvgIpc) is 2.77. The molecule has 0 amide bonds. The van der Waals surface area contributed by atoms with Gasteiger partial charge in [-0.15, -0.1) is 0 Å². The molecule has 1 atom stereocenters. The summed E-state index contributed by atoms with van der Waals surface area (Å²) >= 11 is 0. The van der Waals surface area contributed by atoms with Gasteiger partial charge in [0.15, 0.2) is 0 Å². The average molecular weight is 250 g/mol. The fourth-order valence-corrected chi connectivity index (χ4v) is 2.84. The molecular weight excluding hydrogens is 224 g/mol. The minimum absolute atomic E-state index is 0.176. The molecule has 2 N–H and O–H groups in total. The third-order valence-electron chi connectivity index (χ3n) is 3.68. The van der Waals surface area contributed by atoms with Gasteiger partial charge in [0.05, 0.1) is 11.7 Å². The molecule has 1 heterocycles. The molecule has 0 spiro atoms. The first kappa shape index (κ1) is 13.6. The molecule has 1 aliphatic rings. The lowest BCUT2D eigenvalue weighted by Crippen LogP contribution is -2.35. The van der Waals surface area contributed by atoms with Crippen LogP contribution in [-0.4, -0.2) is 41.4 Å². The second-order valence-electron chi connectivity index (χ2n) is 5.81. The van der Waals surface area contributed by atoms with Crippen molar-refractivity contribution < 1.29 is 0 Å². The summed E-state index contributed by atoms with van der Waals surface area (Å²) < 4.78 is 2.16. The van der Waals surface area contributed by atoms with E-state index in [1.807, 2.05) is 0 Å². The molecule has 0 radical (unpaired) electrons. The van der Waals surface area contributed by atoms with Crippen molar-refractivity contribution in [3.05, 3.63) is 18.0 Å². The van der Waals surface area contributed by atoms with Crippen molar-refractivity contribution >= 4 is 0 Å². The normalized spacial score (nSPS) is 19.3. The number of hydrogen-bond donors (Lipinski definition) is 1. The third kappa shape index (κ3) is 3.82. The molecule has 18 heavy (non-hydrogen) atoms. The molecule has 4 heteroatoms. The van der Waals surface area contributed by atoms with Gasteiger partial charge in [-0.05, 0) is 33.0 Å². The Bertz CT molecular complexity index is 352. The second kappa shape index (κ2) is 6.34. The van der Waals surface area contributed by atoms with Crippen LogP contribution in [0.4, 0.5) is 0 Å². The fraction of sp³-hybridized carbons (Fsp3) is 0.786. The molecule has 0 aliphatic heterocycles. The molecule has 102 valence electrons. The van der Waals surface area contributed by atoms with Gasteiger partial charge >= 0.3 is 0 Å². The van der Waals surface area contributed by atoms with Crippen LogP contribution in [0.3, 0.4) is 0 Å². The minimum Gasteiger partial charge on any atom is -0.326 e. The van der Waals surface area contributed by atoms with Gasteiger partial charge in [-0.25, -0.2) is 0 Å². The van der Waals surface area contributed by atoms with Crippen LogP contribution in [0.5, 0.6) is 0 Å². The lowest BCUT2D eigenvalue weighted by molar-refractivity contribution is 0.326. The highest BCUT2D eigenvalue weighted by Crippen LogP contribution is 2.27. The van der Waals surface area contributed by atoms with Gasteiger partial charge in [-0.2, -0.15) is 5.10 Å². The zero-order valence-corrected chi connectivity index (χ0v) is 11.7. The molecule has 1 aromatic heterocycles. The molecule has 0 saturated heterocycles. The van der Waals surface area contributed by atoms with Crippen molar-refractivity contribution in [1.82, 2.24) is 14.7 Å². The summed E-state index contributed by atoms with van der Waals surface area (Å²) in [6, 6.07) is 2.93. The summed E-state index contributed by atoms with van der Waals surface area (Å²) in [5.74, 6) is 0. The minimum atomic E-state index is 0.176. The van der Waals surface area contributed by atoms with Crippen LogP contribution in [0.2, 0.25) is 0 Å². The van der Waals surface area contributed by atoms with Gasteiger partial charge < -0.3 is 10.6 Å². The summed E-state index contributed by atoms with van der Waals surface area (Å²) in [6.45, 7) is 0.913. The molecule has 1 fully saturated rings. The Balaban J connectivity index is 1.89. The van der Waals surface area contributed by atoms with Gasteiger partial charge in [0.25, 0.3) is 0 Å². The zero-order chi connectivity index (χ0) is 13.0. The standard InChI is InChI=1S/C14H26N4/c1-17(2)11-12(15)10-13-8-9-18(16-13)14-6-4-3-5-7-14/h8-9,12,14H,3-7,10-11,15H2,1-2H3. The molecule has 1 saturated carbocycles. The first-order valence-corrected chi connectivity index (χ1v) is 7.09. The van der Waals surface area contributed by atoms with Gasteiger partial charge in [0.1, 0.15) is 0 Å². The van der Waals surface area contributed by atoms with Crippen LogP contribution in [0.1, 0.15) is 43.8 Å². The van der Waals surface area contributed by atoms with Crippen molar-refractivity contribution in [2.24, 2.45) is 5.73 Å². The van der Waals surface area contributed by atoms with E-state index in [1.54, 1.807) is 0 Å². The maximum Gasteiger partial charge on any atom is 0.0640 e. The Hall–Kier alpha value is -0.870. The van der Waals surface area contributed by atoms with E-state index in [2.05, 4.69) is 35.9 Å². The lowest BCUT2D eigenvalue weighted by Gasteiger charge is -2.22. The summed E-state index contributed by atoms with van der Waals surface area (Å²) in [4.78, 5) is 2.13. The summed E-state index contributed by atoms with van der Waals surface area (Å²) in [7, 11) is 4.11. The van der Waals surface area contributed by atoms with Crippen LogP contribution in [0.25, 0.3) is 0 Å². The monoisotopic (exact) mass is 250 g/mol. The van der Waals surface area contributed by atoms with Crippen molar-refractivity contribution in [3.8, 4) is 0 Å². The highest BCUT2D eigenvalue weighted by Gasteiger charge is 2.16. The van der Waals surface area contributed by atoms with Crippen molar-refractivity contribution in [3.63, 3.8) is 0 Å². The number of nitrogens with two attached hydrogens (primary N) is 1. The van der Waals surface area contributed by atoms with E-state index >= 15 is 0 Å². The highest BCUT2D eigenvalue weighted by atomic mass is 15.3. The third-order valence-corrected chi connectivity index (χ3v) is 3.68. The first-order chi connectivity index (χ1) is 8.65. The largest absolute Gasteiger partial charge is 0.326 e. The van der Waals surface area contributed by atoms with Crippen molar-refractivity contribution in [2.75, 3.05) is 20.6 Å². The van der Waals surface area contributed by atoms with E-state index in [9.17, 15) is 0 Å². The Labute approximate surface area is 110 Å². The summed E-state index contributed by atoms with van der Waals surface area (Å²) in [5, 5.41) is 4.70. The van der Waals surface area contributed by atoms with Gasteiger partial charge in [0, 0.05) is 25.2 Å². The first-order valence-electron chi connectivity index (χ1n) is 7.09. The molecular formula is C14H26N4. The Morgan fingerprint density at radius 3 is 2.78 bits per heavy atom. The van der Waals surface area contributed by atoms with E-state index < -0.39 is 0 Å². The number of likely N-dealkylation sites (N-methyl/N-ethyl adjacent to an activating group) is 1. The van der Waals surface area contributed by atoms with Gasteiger partial charge in [-0.3, -0.25) is 4.68 Å². The van der Waals surface area contributed by atoms with E-state index in [0.717, 1.165) is 18.7 Å². The molecule has 1 unspecified atom stereocenters. The van der Waals surface area contributed by atoms with Crippen molar-refractivity contribution in [2.45, 2.75) is 50.6 Å². The molecule has 0 aromatic carbocycles. The molecule has 4 nitrogen and oxygen atoms in total. The van der Waals surface area contributed by atoms with Crippen LogP contribution in [-0.2, 0) is 6.42 Å². The topological polar surface area (TPSA) is 47.1 Å². The Morgan fingerprint density at radius 2 is 2.11 bits per heavy atom. The van der Waals surface area contributed by atoms with Crippen LogP contribution in [0.15, 0.2) is 12.3 Å². The van der Waals surface area contributed by atoms with Crippen LogP contribution < -0.4 is 5.73 Å². The van der Waals surface area contributed by atoms with E-state index in [0.29, 0.717) is 6.04 Å². The van der Waals surface area contributed by atoms with Gasteiger partial charge in [0.2, 0.25) is 0 Å². The van der Waals surface area contributed by atoms with Crippen molar-refractivity contribution in [1.29, 1.82) is 0 Å². The quantitative estimate of drug-likeness (QED) is 0.867.